The Balaban J connectivity index is 1.99. The van der Waals surface area contributed by atoms with Crippen molar-refractivity contribution in [1.29, 1.82) is 0 Å². The lowest BCUT2D eigenvalue weighted by Gasteiger charge is -2.10. The number of nitrogens with zero attached hydrogens (tertiary/aromatic N) is 1. The zero-order chi connectivity index (χ0) is 18.6. The number of alkyl halides is 3. The summed E-state index contributed by atoms with van der Waals surface area (Å²) in [5.74, 6) is -1.20. The summed E-state index contributed by atoms with van der Waals surface area (Å²) >= 11 is 0.995. The molecule has 0 unspecified atom stereocenters. The number of amides is 2. The summed E-state index contributed by atoms with van der Waals surface area (Å²) in [7, 11) is 1.61. The van der Waals surface area contributed by atoms with Gasteiger partial charge >= 0.3 is 6.36 Å². The van der Waals surface area contributed by atoms with E-state index < -0.39 is 18.3 Å². The van der Waals surface area contributed by atoms with Crippen LogP contribution in [-0.4, -0.2) is 42.8 Å². The molecule has 0 spiro atoms. The standard InChI is InChI=1S/C14H15F3N4O3S/c1-7(18-2)12(23)19-6-11(22)21-13-20-9-4-3-8(5-10(9)25-13)24-14(15,16)17/h3-5,7,18H,6H2,1-2H3,(H,19,23)(H,20,21,22)/t7-/m0/s1. The molecule has 7 nitrogen and oxygen atoms in total. The lowest BCUT2D eigenvalue weighted by Crippen LogP contribution is -2.43. The summed E-state index contributed by atoms with van der Waals surface area (Å²) in [6.45, 7) is 1.39. The molecule has 2 amide bonds. The zero-order valence-corrected chi connectivity index (χ0v) is 14.0. The minimum atomic E-state index is -4.78. The maximum absolute atomic E-state index is 12.2. The number of thiazole rings is 1. The lowest BCUT2D eigenvalue weighted by molar-refractivity contribution is -0.274. The summed E-state index contributed by atoms with van der Waals surface area (Å²) < 4.78 is 40.9. The van der Waals surface area contributed by atoms with E-state index in [0.717, 1.165) is 17.4 Å². The first kappa shape index (κ1) is 18.9. The van der Waals surface area contributed by atoms with E-state index in [1.165, 1.54) is 12.1 Å². The third-order valence-electron chi connectivity index (χ3n) is 3.09. The number of likely N-dealkylation sites (N-methyl/N-ethyl adjacent to an activating group) is 1. The van der Waals surface area contributed by atoms with Crippen LogP contribution in [0, 0.1) is 0 Å². The average molecular weight is 376 g/mol. The molecule has 0 bridgehead atoms. The van der Waals surface area contributed by atoms with Crippen LogP contribution in [0.15, 0.2) is 18.2 Å². The highest BCUT2D eigenvalue weighted by molar-refractivity contribution is 7.22. The third-order valence-corrected chi connectivity index (χ3v) is 4.02. The minimum Gasteiger partial charge on any atom is -0.406 e. The first-order valence-electron chi connectivity index (χ1n) is 7.09. The van der Waals surface area contributed by atoms with Crippen LogP contribution in [0.5, 0.6) is 5.75 Å². The monoisotopic (exact) mass is 376 g/mol. The number of fused-ring (bicyclic) bond motifs is 1. The number of aromatic nitrogens is 1. The van der Waals surface area contributed by atoms with Crippen LogP contribution in [0.1, 0.15) is 6.92 Å². The molecule has 0 fully saturated rings. The molecule has 11 heteroatoms. The van der Waals surface area contributed by atoms with Gasteiger partial charge in [0, 0.05) is 6.07 Å². The normalized spacial score (nSPS) is 12.7. The quantitative estimate of drug-likeness (QED) is 0.716. The van der Waals surface area contributed by atoms with Crippen molar-refractivity contribution in [3.63, 3.8) is 0 Å². The Morgan fingerprint density at radius 3 is 2.72 bits per heavy atom. The highest BCUT2D eigenvalue weighted by atomic mass is 32.1. The first-order valence-corrected chi connectivity index (χ1v) is 7.91. The Labute approximate surface area is 144 Å². The van der Waals surface area contributed by atoms with Gasteiger partial charge in [0.05, 0.1) is 22.8 Å². The van der Waals surface area contributed by atoms with Crippen LogP contribution in [0.25, 0.3) is 10.2 Å². The Hall–Kier alpha value is -2.40. The molecule has 136 valence electrons. The molecule has 0 radical (unpaired) electrons. The van der Waals surface area contributed by atoms with Gasteiger partial charge in [-0.1, -0.05) is 11.3 Å². The fourth-order valence-corrected chi connectivity index (χ4v) is 2.68. The Kier molecular flexibility index (Phi) is 5.80. The number of anilines is 1. The van der Waals surface area contributed by atoms with Gasteiger partial charge in [-0.2, -0.15) is 0 Å². The van der Waals surface area contributed by atoms with Gasteiger partial charge in [0.25, 0.3) is 0 Å². The second kappa shape index (κ2) is 7.66. The molecule has 0 aliphatic rings. The van der Waals surface area contributed by atoms with Gasteiger partial charge in [0.15, 0.2) is 5.13 Å². The van der Waals surface area contributed by atoms with Crippen molar-refractivity contribution in [2.45, 2.75) is 19.3 Å². The van der Waals surface area contributed by atoms with Crippen molar-refractivity contribution in [3.05, 3.63) is 18.2 Å². The summed E-state index contributed by atoms with van der Waals surface area (Å²) in [4.78, 5) is 27.5. The first-order chi connectivity index (χ1) is 11.7. The summed E-state index contributed by atoms with van der Waals surface area (Å²) in [5, 5.41) is 7.86. The number of rotatable bonds is 6. The number of hydrogen-bond donors (Lipinski definition) is 3. The number of hydrogen-bond acceptors (Lipinski definition) is 6. The molecule has 25 heavy (non-hydrogen) atoms. The highest BCUT2D eigenvalue weighted by Gasteiger charge is 2.31. The molecule has 0 saturated carbocycles. The van der Waals surface area contributed by atoms with Crippen LogP contribution < -0.4 is 20.7 Å². The Bertz CT molecular complexity index is 778. The average Bonchev–Trinajstić information content (AvgIpc) is 2.91. The topological polar surface area (TPSA) is 92.4 Å². The fraction of sp³-hybridized carbons (Fsp3) is 0.357. The number of carbonyl (C=O) groups is 2. The van der Waals surface area contributed by atoms with E-state index in [9.17, 15) is 22.8 Å². The maximum atomic E-state index is 12.2. The highest BCUT2D eigenvalue weighted by Crippen LogP contribution is 2.31. The van der Waals surface area contributed by atoms with E-state index in [2.05, 4.69) is 25.7 Å². The third kappa shape index (κ3) is 5.57. The molecule has 2 rings (SSSR count). The van der Waals surface area contributed by atoms with Crippen molar-refractivity contribution in [2.24, 2.45) is 0 Å². The van der Waals surface area contributed by atoms with E-state index in [4.69, 9.17) is 0 Å². The molecule has 1 heterocycles. The largest absolute Gasteiger partial charge is 0.573 e. The number of ether oxygens (including phenoxy) is 1. The van der Waals surface area contributed by atoms with Crippen LogP contribution in [0.2, 0.25) is 0 Å². The SMILES string of the molecule is CN[C@@H](C)C(=O)NCC(=O)Nc1nc2ccc(OC(F)(F)F)cc2s1. The molecule has 0 aliphatic carbocycles. The number of carbonyl (C=O) groups excluding carboxylic acids is 2. The number of benzene rings is 1. The molecule has 0 saturated heterocycles. The Morgan fingerprint density at radius 1 is 1.36 bits per heavy atom. The van der Waals surface area contributed by atoms with E-state index in [1.54, 1.807) is 14.0 Å². The van der Waals surface area contributed by atoms with E-state index in [0.29, 0.717) is 10.2 Å². The predicted molar refractivity (Wildman–Crippen MR) is 86.5 cm³/mol. The van der Waals surface area contributed by atoms with Gasteiger partial charge in [0.2, 0.25) is 11.8 Å². The molecular formula is C14H15F3N4O3S. The molecule has 3 N–H and O–H groups in total. The van der Waals surface area contributed by atoms with E-state index >= 15 is 0 Å². The van der Waals surface area contributed by atoms with Crippen LogP contribution in [0.4, 0.5) is 18.3 Å². The van der Waals surface area contributed by atoms with Gasteiger partial charge in [0.1, 0.15) is 5.75 Å². The van der Waals surface area contributed by atoms with E-state index in [1.807, 2.05) is 0 Å². The molecule has 0 aliphatic heterocycles. The summed E-state index contributed by atoms with van der Waals surface area (Å²) in [5.41, 5.74) is 0.419. The molecule has 1 atom stereocenters. The molecule has 1 aromatic heterocycles. The maximum Gasteiger partial charge on any atom is 0.573 e. The van der Waals surface area contributed by atoms with Crippen LogP contribution in [0.3, 0.4) is 0 Å². The predicted octanol–water partition coefficient (Wildman–Crippen LogP) is 1.86. The van der Waals surface area contributed by atoms with Crippen molar-refractivity contribution in [3.8, 4) is 5.75 Å². The van der Waals surface area contributed by atoms with Gasteiger partial charge in [-0.3, -0.25) is 9.59 Å². The van der Waals surface area contributed by atoms with Crippen molar-refractivity contribution in [2.75, 3.05) is 18.9 Å². The van der Waals surface area contributed by atoms with E-state index in [-0.39, 0.29) is 23.3 Å². The van der Waals surface area contributed by atoms with Crippen LogP contribution in [-0.2, 0) is 9.59 Å². The fourth-order valence-electron chi connectivity index (χ4n) is 1.77. The molecular weight excluding hydrogens is 361 g/mol. The Morgan fingerprint density at radius 2 is 2.08 bits per heavy atom. The number of halogens is 3. The number of nitrogens with one attached hydrogen (secondary N) is 3. The minimum absolute atomic E-state index is 0.208. The van der Waals surface area contributed by atoms with Crippen molar-refractivity contribution >= 4 is 38.5 Å². The van der Waals surface area contributed by atoms with Crippen LogP contribution >= 0.6 is 11.3 Å². The van der Waals surface area contributed by atoms with Crippen molar-refractivity contribution in [1.82, 2.24) is 15.6 Å². The van der Waals surface area contributed by atoms with Gasteiger partial charge < -0.3 is 20.7 Å². The second-order valence-electron chi connectivity index (χ2n) is 4.97. The van der Waals surface area contributed by atoms with Crippen molar-refractivity contribution < 1.29 is 27.5 Å². The zero-order valence-electron chi connectivity index (χ0n) is 13.2. The second-order valence-corrected chi connectivity index (χ2v) is 6.00. The smallest absolute Gasteiger partial charge is 0.406 e. The van der Waals surface area contributed by atoms with Gasteiger partial charge in [-0.15, -0.1) is 13.2 Å². The van der Waals surface area contributed by atoms with Gasteiger partial charge in [-0.25, -0.2) is 4.98 Å². The molecule has 2 aromatic rings. The molecule has 1 aromatic carbocycles. The summed E-state index contributed by atoms with van der Waals surface area (Å²) in [6, 6.07) is 3.24. The lowest BCUT2D eigenvalue weighted by atomic mass is 10.3. The van der Waals surface area contributed by atoms with Gasteiger partial charge in [-0.05, 0) is 26.1 Å². The summed E-state index contributed by atoms with van der Waals surface area (Å²) in [6.07, 6.45) is -4.78.